The summed E-state index contributed by atoms with van der Waals surface area (Å²) in [7, 11) is 0. The lowest BCUT2D eigenvalue weighted by molar-refractivity contribution is -0.322. The van der Waals surface area contributed by atoms with Crippen molar-refractivity contribution >= 4 is 0 Å². The molecule has 4 rings (SSSR count). The minimum absolute atomic E-state index is 0.0568. The number of hydrogen-bond acceptors (Lipinski definition) is 8. The molecule has 0 spiro atoms. The van der Waals surface area contributed by atoms with E-state index in [1.165, 1.54) is 0 Å². The molecule has 204 valence electrons. The molecule has 2 unspecified atom stereocenters. The number of aliphatic hydroxyl groups excluding tert-OH is 7. The van der Waals surface area contributed by atoms with Crippen LogP contribution in [0.4, 0.5) is 0 Å². The van der Waals surface area contributed by atoms with Crippen LogP contribution in [0.3, 0.4) is 0 Å². The second-order valence-corrected chi connectivity index (χ2v) is 13.2. The minimum atomic E-state index is -1.83. The molecule has 0 amide bonds. The first-order valence-electron chi connectivity index (χ1n) is 13.7. The molecule has 0 aromatic heterocycles. The van der Waals surface area contributed by atoms with Crippen LogP contribution in [0.15, 0.2) is 0 Å². The van der Waals surface area contributed by atoms with Crippen molar-refractivity contribution in [3.63, 3.8) is 0 Å². The Morgan fingerprint density at radius 1 is 0.800 bits per heavy atom. The van der Waals surface area contributed by atoms with Crippen molar-refractivity contribution in [1.82, 2.24) is 0 Å². The van der Waals surface area contributed by atoms with Crippen LogP contribution >= 0.6 is 0 Å². The molecule has 8 N–H and O–H groups in total. The van der Waals surface area contributed by atoms with Gasteiger partial charge in [0.05, 0.1) is 30.5 Å². The van der Waals surface area contributed by atoms with E-state index in [0.29, 0.717) is 25.7 Å². The monoisotopic (exact) mass is 500 g/mol. The molecule has 4 aliphatic rings. The van der Waals surface area contributed by atoms with E-state index in [2.05, 4.69) is 6.92 Å². The third kappa shape index (κ3) is 3.85. The molecule has 8 nitrogen and oxygen atoms in total. The van der Waals surface area contributed by atoms with Crippen molar-refractivity contribution < 1.29 is 40.9 Å². The Kier molecular flexibility index (Phi) is 7.48. The first-order valence-corrected chi connectivity index (χ1v) is 13.7. The predicted molar refractivity (Wildman–Crippen MR) is 129 cm³/mol. The van der Waals surface area contributed by atoms with E-state index in [9.17, 15) is 40.9 Å². The molecule has 4 aliphatic carbocycles. The molecule has 4 saturated carbocycles. The summed E-state index contributed by atoms with van der Waals surface area (Å²) >= 11 is 0. The summed E-state index contributed by atoms with van der Waals surface area (Å²) in [6.07, 6.45) is -3.02. The van der Waals surface area contributed by atoms with Crippen LogP contribution in [0.25, 0.3) is 0 Å². The molecular weight excluding hydrogens is 452 g/mol. The molecule has 0 aromatic carbocycles. The van der Waals surface area contributed by atoms with Gasteiger partial charge in [-0.05, 0) is 66.6 Å². The van der Waals surface area contributed by atoms with Crippen molar-refractivity contribution in [3.05, 3.63) is 0 Å². The van der Waals surface area contributed by atoms with Gasteiger partial charge >= 0.3 is 0 Å². The Morgan fingerprint density at radius 3 is 2.06 bits per heavy atom. The van der Waals surface area contributed by atoms with Gasteiger partial charge in [0.25, 0.3) is 0 Å². The van der Waals surface area contributed by atoms with E-state index >= 15 is 0 Å². The summed E-state index contributed by atoms with van der Waals surface area (Å²) in [5.41, 5.74) is -3.22. The normalized spacial score (nSPS) is 55.5. The topological polar surface area (TPSA) is 162 Å². The summed E-state index contributed by atoms with van der Waals surface area (Å²) in [4.78, 5) is 0. The predicted octanol–water partition coefficient (Wildman–Crippen LogP) is 0.410. The zero-order valence-corrected chi connectivity index (χ0v) is 21.7. The van der Waals surface area contributed by atoms with Crippen LogP contribution in [0, 0.1) is 46.3 Å². The van der Waals surface area contributed by atoms with Gasteiger partial charge in [0.15, 0.2) is 0 Å². The first kappa shape index (κ1) is 27.7. The fourth-order valence-corrected chi connectivity index (χ4v) is 9.61. The Balaban J connectivity index is 1.67. The van der Waals surface area contributed by atoms with Crippen LogP contribution in [0.2, 0.25) is 0 Å². The van der Waals surface area contributed by atoms with Crippen LogP contribution < -0.4 is 0 Å². The Hall–Kier alpha value is -0.320. The molecule has 0 heterocycles. The highest BCUT2D eigenvalue weighted by atomic mass is 16.4. The van der Waals surface area contributed by atoms with Crippen LogP contribution in [0.1, 0.15) is 72.6 Å². The van der Waals surface area contributed by atoms with Crippen LogP contribution in [-0.2, 0) is 0 Å². The SMILES string of the molecule is CC(CO)CCC[C@@H](C)[C@H]1[C@@H](O)[C@H](O)[C@@H]2[C@]1(C)CC[C@H]1[C@@]2(O)[C@H](O)[C@H](O)C2[C@@H](O)[C@@H](O)CC[C@@]21C. The zero-order valence-electron chi connectivity index (χ0n) is 21.7. The van der Waals surface area contributed by atoms with Gasteiger partial charge in [-0.15, -0.1) is 0 Å². The molecule has 4 fully saturated rings. The maximum Gasteiger partial charge on any atom is 0.110 e. The van der Waals surface area contributed by atoms with Gasteiger partial charge in [0, 0.05) is 18.4 Å². The van der Waals surface area contributed by atoms with E-state index in [-0.39, 0.29) is 24.4 Å². The lowest BCUT2D eigenvalue weighted by Gasteiger charge is -2.67. The van der Waals surface area contributed by atoms with Gasteiger partial charge in [0.2, 0.25) is 0 Å². The van der Waals surface area contributed by atoms with Gasteiger partial charge in [-0.3, -0.25) is 0 Å². The quantitative estimate of drug-likeness (QED) is 0.260. The molecule has 15 atom stereocenters. The summed E-state index contributed by atoms with van der Waals surface area (Å²) in [6, 6.07) is 0. The zero-order chi connectivity index (χ0) is 26.1. The summed E-state index contributed by atoms with van der Waals surface area (Å²) in [5.74, 6) is -2.15. The van der Waals surface area contributed by atoms with E-state index < -0.39 is 70.8 Å². The van der Waals surface area contributed by atoms with Crippen molar-refractivity contribution in [3.8, 4) is 0 Å². The second kappa shape index (κ2) is 9.45. The fourth-order valence-electron chi connectivity index (χ4n) is 9.61. The van der Waals surface area contributed by atoms with E-state index in [1.807, 2.05) is 20.8 Å². The summed E-state index contributed by atoms with van der Waals surface area (Å²) in [6.45, 7) is 8.11. The molecule has 0 aromatic rings. The largest absolute Gasteiger partial charge is 0.396 e. The number of fused-ring (bicyclic) bond motifs is 5. The molecule has 0 saturated heterocycles. The van der Waals surface area contributed by atoms with E-state index in [1.54, 1.807) is 0 Å². The molecule has 8 heteroatoms. The highest BCUT2D eigenvalue weighted by Gasteiger charge is 2.76. The highest BCUT2D eigenvalue weighted by molar-refractivity contribution is 5.25. The number of hydrogen-bond donors (Lipinski definition) is 8. The third-order valence-corrected chi connectivity index (χ3v) is 11.3. The van der Waals surface area contributed by atoms with Crippen LogP contribution in [0.5, 0.6) is 0 Å². The van der Waals surface area contributed by atoms with Crippen molar-refractivity contribution in [2.24, 2.45) is 46.3 Å². The van der Waals surface area contributed by atoms with Gasteiger partial charge in [-0.25, -0.2) is 0 Å². The Labute approximate surface area is 209 Å². The van der Waals surface area contributed by atoms with Crippen molar-refractivity contribution in [2.45, 2.75) is 115 Å². The van der Waals surface area contributed by atoms with Gasteiger partial charge < -0.3 is 40.9 Å². The maximum absolute atomic E-state index is 12.3. The molecule has 0 radical (unpaired) electrons. The molecule has 35 heavy (non-hydrogen) atoms. The Morgan fingerprint density at radius 2 is 1.43 bits per heavy atom. The number of aliphatic hydroxyl groups is 8. The average Bonchev–Trinajstić information content (AvgIpc) is 3.00. The standard InChI is InChI=1S/C27H48O8/c1-13(12-28)6-5-7-14(2)17-20(31)22(33)23-26(17,4)11-9-16-25(3)10-8-15(29)19(30)18(25)21(32)24(34)27(16,23)35/h13-24,28-35H,5-12H2,1-4H3/t13?,14-,15+,16-,17+,18?,19+,20-,21-,22+,23-,24-,25-,26-,27+/m1/s1. The van der Waals surface area contributed by atoms with E-state index in [0.717, 1.165) is 19.3 Å². The van der Waals surface area contributed by atoms with Gasteiger partial charge in [-0.1, -0.05) is 40.5 Å². The lowest BCUT2D eigenvalue weighted by Crippen LogP contribution is -2.76. The smallest absolute Gasteiger partial charge is 0.110 e. The second-order valence-electron chi connectivity index (χ2n) is 13.2. The van der Waals surface area contributed by atoms with Crippen molar-refractivity contribution in [2.75, 3.05) is 6.61 Å². The fraction of sp³-hybridized carbons (Fsp3) is 1.00. The van der Waals surface area contributed by atoms with Crippen molar-refractivity contribution in [1.29, 1.82) is 0 Å². The summed E-state index contributed by atoms with van der Waals surface area (Å²) in [5, 5.41) is 88.0. The summed E-state index contributed by atoms with van der Waals surface area (Å²) < 4.78 is 0. The highest BCUT2D eigenvalue weighted by Crippen LogP contribution is 2.69. The van der Waals surface area contributed by atoms with E-state index in [4.69, 9.17) is 0 Å². The molecule has 0 aliphatic heterocycles. The lowest BCUT2D eigenvalue weighted by atomic mass is 9.40. The molecule has 0 bridgehead atoms. The first-order chi connectivity index (χ1) is 16.3. The van der Waals surface area contributed by atoms with Crippen LogP contribution in [-0.4, -0.2) is 89.7 Å². The van der Waals surface area contributed by atoms with Gasteiger partial charge in [-0.2, -0.15) is 0 Å². The third-order valence-electron chi connectivity index (χ3n) is 11.3. The van der Waals surface area contributed by atoms with Gasteiger partial charge in [0.1, 0.15) is 11.7 Å². The average molecular weight is 501 g/mol. The molecular formula is C27H48O8. The maximum atomic E-state index is 12.3. The Bertz CT molecular complexity index is 765. The minimum Gasteiger partial charge on any atom is -0.396 e. The number of rotatable bonds is 6.